The Kier molecular flexibility index (Phi) is 3.38. The van der Waals surface area contributed by atoms with Crippen molar-refractivity contribution in [2.45, 2.75) is 17.9 Å². The van der Waals surface area contributed by atoms with Crippen molar-refractivity contribution in [3.05, 3.63) is 18.2 Å². The topological polar surface area (TPSA) is 72.5 Å². The van der Waals surface area contributed by atoms with Crippen LogP contribution in [0.5, 0.6) is 5.75 Å². The molecule has 0 aliphatic heterocycles. The van der Waals surface area contributed by atoms with Crippen LogP contribution in [0.1, 0.15) is 6.92 Å². The monoisotopic (exact) mass is 213 g/mol. The van der Waals surface area contributed by atoms with Crippen LogP contribution in [0.15, 0.2) is 23.1 Å². The van der Waals surface area contributed by atoms with Crippen molar-refractivity contribution in [2.75, 3.05) is 5.73 Å². The molecule has 1 unspecified atom stereocenters. The zero-order valence-electron chi connectivity index (χ0n) is 7.60. The molecule has 0 aromatic heterocycles. The summed E-state index contributed by atoms with van der Waals surface area (Å²) < 4.78 is 4.82. The van der Waals surface area contributed by atoms with Gasteiger partial charge in [-0.05, 0) is 19.1 Å². The van der Waals surface area contributed by atoms with Crippen LogP contribution in [0.4, 0.5) is 5.69 Å². The Bertz CT molecular complexity index is 352. The Labute approximate surface area is 87.1 Å². The van der Waals surface area contributed by atoms with E-state index in [1.807, 2.05) is 0 Å². The zero-order chi connectivity index (χ0) is 10.7. The highest BCUT2D eigenvalue weighted by atomic mass is 32.1. The van der Waals surface area contributed by atoms with E-state index in [-0.39, 0.29) is 11.4 Å². The summed E-state index contributed by atoms with van der Waals surface area (Å²) in [5, 5.41) is 8.91. The molecule has 0 aliphatic carbocycles. The highest BCUT2D eigenvalue weighted by Crippen LogP contribution is 2.27. The molecule has 0 heterocycles. The second-order valence-corrected chi connectivity index (χ2v) is 3.27. The smallest absolute Gasteiger partial charge is 0.340 e. The fourth-order valence-corrected chi connectivity index (χ4v) is 1.01. The number of hydrogen-bond donors (Lipinski definition) is 3. The van der Waals surface area contributed by atoms with Crippen molar-refractivity contribution in [1.82, 2.24) is 0 Å². The molecule has 3 N–H and O–H groups in total. The Balaban J connectivity index is 2.87. The first-order valence-electron chi connectivity index (χ1n) is 3.99. The first-order valence-corrected chi connectivity index (χ1v) is 4.44. The predicted octanol–water partition coefficient (Wildman–Crippen LogP) is 0.844. The molecule has 0 amide bonds. The molecule has 5 heteroatoms. The van der Waals surface area contributed by atoms with Gasteiger partial charge in [0.2, 0.25) is 0 Å². The lowest BCUT2D eigenvalue weighted by Crippen LogP contribution is -2.22. The van der Waals surface area contributed by atoms with E-state index in [0.29, 0.717) is 4.90 Å². The van der Waals surface area contributed by atoms with Gasteiger partial charge in [0.25, 0.3) is 0 Å². The molecule has 0 saturated carbocycles. The molecule has 0 fully saturated rings. The number of carbonyl (C=O) groups excluding carboxylic acids is 1. The quantitative estimate of drug-likeness (QED) is 0.295. The third kappa shape index (κ3) is 2.40. The molecule has 1 aromatic carbocycles. The first-order chi connectivity index (χ1) is 6.52. The van der Waals surface area contributed by atoms with Crippen LogP contribution in [-0.2, 0) is 4.79 Å². The van der Waals surface area contributed by atoms with Gasteiger partial charge in [0.05, 0.1) is 5.69 Å². The van der Waals surface area contributed by atoms with E-state index < -0.39 is 12.1 Å². The summed E-state index contributed by atoms with van der Waals surface area (Å²) in [6.45, 7) is 1.32. The molecule has 0 saturated heterocycles. The third-order valence-corrected chi connectivity index (χ3v) is 1.98. The summed E-state index contributed by atoms with van der Waals surface area (Å²) in [5.74, 6) is -0.529. The molecule has 1 aromatic rings. The van der Waals surface area contributed by atoms with Crippen LogP contribution >= 0.6 is 12.6 Å². The minimum absolute atomic E-state index is 0.211. The van der Waals surface area contributed by atoms with Crippen molar-refractivity contribution >= 4 is 24.3 Å². The van der Waals surface area contributed by atoms with Crippen LogP contribution in [0.25, 0.3) is 0 Å². The maximum atomic E-state index is 11.0. The number of aliphatic hydroxyl groups excluding tert-OH is 1. The van der Waals surface area contributed by atoms with E-state index >= 15 is 0 Å². The highest BCUT2D eigenvalue weighted by molar-refractivity contribution is 7.80. The highest BCUT2D eigenvalue weighted by Gasteiger charge is 2.13. The van der Waals surface area contributed by atoms with Gasteiger partial charge in [0.15, 0.2) is 5.75 Å². The van der Waals surface area contributed by atoms with Gasteiger partial charge >= 0.3 is 5.97 Å². The average Bonchev–Trinajstić information content (AvgIpc) is 2.12. The number of para-hydroxylation sites is 1. The van der Waals surface area contributed by atoms with Gasteiger partial charge in [0.1, 0.15) is 6.10 Å². The fraction of sp³-hybridized carbons (Fsp3) is 0.222. The number of carbonyl (C=O) groups is 1. The summed E-state index contributed by atoms with van der Waals surface area (Å²) in [4.78, 5) is 11.6. The standard InChI is InChI=1S/C9H11NO3S/c1-5(11)9(12)13-6-3-2-4-7(14)8(6)10/h2-5,11,14H,10H2,1H3. The van der Waals surface area contributed by atoms with Gasteiger partial charge in [-0.2, -0.15) is 0 Å². The fourth-order valence-electron chi connectivity index (χ4n) is 0.815. The first kappa shape index (κ1) is 10.9. The van der Waals surface area contributed by atoms with Crippen LogP contribution in [0.3, 0.4) is 0 Å². The Morgan fingerprint density at radius 2 is 2.29 bits per heavy atom. The molecule has 0 radical (unpaired) electrons. The van der Waals surface area contributed by atoms with Crippen molar-refractivity contribution in [1.29, 1.82) is 0 Å². The zero-order valence-corrected chi connectivity index (χ0v) is 8.49. The molecule has 14 heavy (non-hydrogen) atoms. The Hall–Kier alpha value is -1.20. The van der Waals surface area contributed by atoms with Crippen molar-refractivity contribution < 1.29 is 14.6 Å². The molecule has 76 valence electrons. The number of ether oxygens (including phenoxy) is 1. The number of nitrogens with two attached hydrogens (primary N) is 1. The predicted molar refractivity (Wildman–Crippen MR) is 55.4 cm³/mol. The van der Waals surface area contributed by atoms with Crippen molar-refractivity contribution in [3.8, 4) is 5.75 Å². The number of benzene rings is 1. The van der Waals surface area contributed by atoms with Gasteiger partial charge in [-0.3, -0.25) is 0 Å². The van der Waals surface area contributed by atoms with Crippen LogP contribution in [0.2, 0.25) is 0 Å². The lowest BCUT2D eigenvalue weighted by molar-refractivity contribution is -0.142. The lowest BCUT2D eigenvalue weighted by atomic mass is 10.3. The number of nitrogen functional groups attached to an aromatic ring is 1. The molecule has 4 nitrogen and oxygen atoms in total. The summed E-state index contributed by atoms with van der Waals surface area (Å²) in [5.41, 5.74) is 5.88. The number of thiol groups is 1. The van der Waals surface area contributed by atoms with Gasteiger partial charge < -0.3 is 15.6 Å². The Morgan fingerprint density at radius 1 is 1.64 bits per heavy atom. The summed E-state index contributed by atoms with van der Waals surface area (Å²) in [7, 11) is 0. The number of anilines is 1. The molecule has 1 atom stereocenters. The van der Waals surface area contributed by atoms with Crippen LogP contribution < -0.4 is 10.5 Å². The summed E-state index contributed by atoms with van der Waals surface area (Å²) in [6, 6.07) is 4.87. The average molecular weight is 213 g/mol. The second kappa shape index (κ2) is 4.34. The van der Waals surface area contributed by atoms with E-state index in [9.17, 15) is 4.79 Å². The lowest BCUT2D eigenvalue weighted by Gasteiger charge is -2.09. The number of rotatable bonds is 2. The summed E-state index contributed by atoms with van der Waals surface area (Å²) >= 11 is 4.06. The molecule has 0 aliphatic rings. The van der Waals surface area contributed by atoms with Gasteiger partial charge in [-0.25, -0.2) is 4.79 Å². The maximum absolute atomic E-state index is 11.0. The molecule has 0 bridgehead atoms. The molecular formula is C9H11NO3S. The van der Waals surface area contributed by atoms with Crippen LogP contribution in [-0.4, -0.2) is 17.2 Å². The number of aliphatic hydroxyl groups is 1. The van der Waals surface area contributed by atoms with Crippen molar-refractivity contribution in [2.24, 2.45) is 0 Å². The SMILES string of the molecule is CC(O)C(=O)Oc1cccc(S)c1N. The maximum Gasteiger partial charge on any atom is 0.340 e. The van der Waals surface area contributed by atoms with Gasteiger partial charge in [-0.15, -0.1) is 12.6 Å². The number of hydrogen-bond acceptors (Lipinski definition) is 5. The van der Waals surface area contributed by atoms with Crippen molar-refractivity contribution in [3.63, 3.8) is 0 Å². The normalized spacial score (nSPS) is 12.2. The molecule has 1 rings (SSSR count). The third-order valence-electron chi connectivity index (χ3n) is 1.59. The van der Waals surface area contributed by atoms with Crippen LogP contribution in [0, 0.1) is 0 Å². The minimum Gasteiger partial charge on any atom is -0.422 e. The number of esters is 1. The second-order valence-electron chi connectivity index (χ2n) is 2.79. The molecular weight excluding hydrogens is 202 g/mol. The summed E-state index contributed by atoms with van der Waals surface area (Å²) in [6.07, 6.45) is -1.17. The molecule has 0 spiro atoms. The van der Waals surface area contributed by atoms with E-state index in [4.69, 9.17) is 15.6 Å². The van der Waals surface area contributed by atoms with Gasteiger partial charge in [0, 0.05) is 4.90 Å². The Morgan fingerprint density at radius 3 is 2.86 bits per heavy atom. The van der Waals surface area contributed by atoms with E-state index in [1.54, 1.807) is 12.1 Å². The van der Waals surface area contributed by atoms with Gasteiger partial charge in [-0.1, -0.05) is 6.07 Å². The van der Waals surface area contributed by atoms with E-state index in [2.05, 4.69) is 12.6 Å². The largest absolute Gasteiger partial charge is 0.422 e. The minimum atomic E-state index is -1.17. The van der Waals surface area contributed by atoms with E-state index in [0.717, 1.165) is 0 Å². The van der Waals surface area contributed by atoms with E-state index in [1.165, 1.54) is 13.0 Å².